The molecule has 3 heterocycles. The van der Waals surface area contributed by atoms with Gasteiger partial charge in [0.25, 0.3) is 0 Å². The molecule has 3 rings (SSSR count). The van der Waals surface area contributed by atoms with Gasteiger partial charge in [-0.1, -0.05) is 0 Å². The molecular formula is C12H14O2S2. The molecule has 0 spiro atoms. The summed E-state index contributed by atoms with van der Waals surface area (Å²) in [5.41, 5.74) is 0. The second kappa shape index (κ2) is 4.45. The van der Waals surface area contributed by atoms with E-state index in [1.807, 2.05) is 0 Å². The largest absolute Gasteiger partial charge is 0.387 e. The maximum absolute atomic E-state index is 10.3. The first kappa shape index (κ1) is 10.7. The number of aliphatic hydroxyl groups excluding tert-OH is 1. The first-order valence-corrected chi connectivity index (χ1v) is 7.27. The predicted molar refractivity (Wildman–Crippen MR) is 68.2 cm³/mol. The highest BCUT2D eigenvalue weighted by atomic mass is 32.1. The number of fused-ring (bicyclic) bond motifs is 1. The summed E-state index contributed by atoms with van der Waals surface area (Å²) in [6.07, 6.45) is 1.80. The Kier molecular flexibility index (Phi) is 2.98. The van der Waals surface area contributed by atoms with Crippen LogP contribution in [0.4, 0.5) is 0 Å². The Balaban J connectivity index is 1.83. The minimum atomic E-state index is -0.343. The molecule has 1 fully saturated rings. The third-order valence-corrected chi connectivity index (χ3v) is 5.26. The van der Waals surface area contributed by atoms with Crippen LogP contribution in [0.25, 0.3) is 9.40 Å². The second-order valence-electron chi connectivity index (χ2n) is 4.22. The van der Waals surface area contributed by atoms with Crippen LogP contribution in [0.15, 0.2) is 17.5 Å². The molecule has 86 valence electrons. The van der Waals surface area contributed by atoms with Crippen LogP contribution in [0.5, 0.6) is 0 Å². The van der Waals surface area contributed by atoms with Crippen molar-refractivity contribution in [2.75, 3.05) is 13.2 Å². The maximum atomic E-state index is 10.3. The van der Waals surface area contributed by atoms with Crippen molar-refractivity contribution in [3.63, 3.8) is 0 Å². The van der Waals surface area contributed by atoms with Gasteiger partial charge in [-0.15, -0.1) is 22.7 Å². The predicted octanol–water partition coefficient (Wildman–Crippen LogP) is 3.42. The van der Waals surface area contributed by atoms with E-state index in [1.165, 1.54) is 9.40 Å². The van der Waals surface area contributed by atoms with Crippen LogP contribution >= 0.6 is 22.7 Å². The topological polar surface area (TPSA) is 29.5 Å². The van der Waals surface area contributed by atoms with Crippen molar-refractivity contribution in [2.45, 2.75) is 18.9 Å². The van der Waals surface area contributed by atoms with Gasteiger partial charge in [-0.25, -0.2) is 0 Å². The van der Waals surface area contributed by atoms with E-state index >= 15 is 0 Å². The van der Waals surface area contributed by atoms with E-state index < -0.39 is 0 Å². The quantitative estimate of drug-likeness (QED) is 0.889. The summed E-state index contributed by atoms with van der Waals surface area (Å²) in [5, 5.41) is 12.4. The number of ether oxygens (including phenoxy) is 1. The Labute approximate surface area is 102 Å². The molecular weight excluding hydrogens is 240 g/mol. The van der Waals surface area contributed by atoms with Crippen LogP contribution in [0, 0.1) is 5.92 Å². The van der Waals surface area contributed by atoms with Crippen LogP contribution < -0.4 is 0 Å². The lowest BCUT2D eigenvalue weighted by Gasteiger charge is -2.25. The Morgan fingerprint density at radius 3 is 3.12 bits per heavy atom. The summed E-state index contributed by atoms with van der Waals surface area (Å²) in [6, 6.07) is 4.25. The number of aliphatic hydroxyl groups is 1. The SMILES string of the molecule is OC(c1cc2sccc2s1)C1CCCOC1. The highest BCUT2D eigenvalue weighted by Gasteiger charge is 2.25. The standard InChI is InChI=1S/C12H14O2S2/c13-12(8-2-1-4-14-7-8)11-6-10-9(16-11)3-5-15-10/h3,5-6,8,12-13H,1-2,4,7H2. The summed E-state index contributed by atoms with van der Waals surface area (Å²) >= 11 is 3.45. The van der Waals surface area contributed by atoms with E-state index in [2.05, 4.69) is 17.5 Å². The summed E-state index contributed by atoms with van der Waals surface area (Å²) in [6.45, 7) is 1.55. The van der Waals surface area contributed by atoms with Crippen LogP contribution in [0.1, 0.15) is 23.8 Å². The van der Waals surface area contributed by atoms with E-state index in [4.69, 9.17) is 4.74 Å². The second-order valence-corrected chi connectivity index (χ2v) is 6.28. The molecule has 16 heavy (non-hydrogen) atoms. The van der Waals surface area contributed by atoms with E-state index in [-0.39, 0.29) is 12.0 Å². The normalized spacial score (nSPS) is 23.7. The summed E-state index contributed by atoms with van der Waals surface area (Å²) in [7, 11) is 0. The average molecular weight is 254 g/mol. The van der Waals surface area contributed by atoms with Crippen molar-refractivity contribution in [2.24, 2.45) is 5.92 Å². The highest BCUT2D eigenvalue weighted by molar-refractivity contribution is 7.26. The van der Waals surface area contributed by atoms with Crippen molar-refractivity contribution in [1.82, 2.24) is 0 Å². The average Bonchev–Trinajstić information content (AvgIpc) is 2.89. The van der Waals surface area contributed by atoms with Gasteiger partial charge >= 0.3 is 0 Å². The smallest absolute Gasteiger partial charge is 0.0932 e. The zero-order valence-corrected chi connectivity index (χ0v) is 10.5. The number of rotatable bonds is 2. The molecule has 1 saturated heterocycles. The zero-order chi connectivity index (χ0) is 11.0. The summed E-state index contributed by atoms with van der Waals surface area (Å²) in [4.78, 5) is 1.09. The van der Waals surface area contributed by atoms with Crippen molar-refractivity contribution in [3.05, 3.63) is 22.4 Å². The van der Waals surface area contributed by atoms with Gasteiger partial charge in [0.2, 0.25) is 0 Å². The fourth-order valence-corrected chi connectivity index (χ4v) is 4.38. The van der Waals surface area contributed by atoms with Crippen molar-refractivity contribution >= 4 is 32.1 Å². The molecule has 2 unspecified atom stereocenters. The zero-order valence-electron chi connectivity index (χ0n) is 8.89. The molecule has 0 aliphatic carbocycles. The number of thiophene rings is 2. The van der Waals surface area contributed by atoms with E-state index in [1.54, 1.807) is 22.7 Å². The Bertz CT molecular complexity index is 440. The molecule has 0 aromatic carbocycles. The number of hydrogen-bond donors (Lipinski definition) is 1. The molecule has 1 aliphatic heterocycles. The lowest BCUT2D eigenvalue weighted by atomic mass is 9.95. The molecule has 0 amide bonds. The highest BCUT2D eigenvalue weighted by Crippen LogP contribution is 2.37. The Morgan fingerprint density at radius 2 is 2.38 bits per heavy atom. The third-order valence-electron chi connectivity index (χ3n) is 3.09. The van der Waals surface area contributed by atoms with Crippen molar-refractivity contribution in [1.29, 1.82) is 0 Å². The Morgan fingerprint density at radius 1 is 1.44 bits per heavy atom. The van der Waals surface area contributed by atoms with Crippen LogP contribution in [-0.2, 0) is 4.74 Å². The Hall–Kier alpha value is -0.420. The minimum Gasteiger partial charge on any atom is -0.387 e. The van der Waals surface area contributed by atoms with Gasteiger partial charge in [-0.2, -0.15) is 0 Å². The molecule has 2 nitrogen and oxygen atoms in total. The third kappa shape index (κ3) is 1.91. The molecule has 2 aromatic rings. The summed E-state index contributed by atoms with van der Waals surface area (Å²) in [5.74, 6) is 0.279. The van der Waals surface area contributed by atoms with Gasteiger partial charge < -0.3 is 9.84 Å². The maximum Gasteiger partial charge on any atom is 0.0932 e. The lowest BCUT2D eigenvalue weighted by Crippen LogP contribution is -2.23. The van der Waals surface area contributed by atoms with Crippen LogP contribution in [-0.4, -0.2) is 18.3 Å². The van der Waals surface area contributed by atoms with Gasteiger partial charge in [-0.3, -0.25) is 0 Å². The first-order valence-electron chi connectivity index (χ1n) is 5.57. The molecule has 0 saturated carbocycles. The van der Waals surface area contributed by atoms with Crippen LogP contribution in [0.2, 0.25) is 0 Å². The van der Waals surface area contributed by atoms with Gasteiger partial charge in [0.15, 0.2) is 0 Å². The van der Waals surface area contributed by atoms with E-state index in [9.17, 15) is 5.11 Å². The van der Waals surface area contributed by atoms with Gasteiger partial charge in [-0.05, 0) is 30.4 Å². The fraction of sp³-hybridized carbons (Fsp3) is 0.500. The van der Waals surface area contributed by atoms with E-state index in [0.29, 0.717) is 6.61 Å². The monoisotopic (exact) mass is 254 g/mol. The van der Waals surface area contributed by atoms with E-state index in [0.717, 1.165) is 24.3 Å². The number of hydrogen-bond acceptors (Lipinski definition) is 4. The molecule has 4 heteroatoms. The lowest BCUT2D eigenvalue weighted by molar-refractivity contribution is -0.00860. The molecule has 1 N–H and O–H groups in total. The molecule has 0 radical (unpaired) electrons. The first-order chi connectivity index (χ1) is 7.84. The molecule has 1 aliphatic rings. The van der Waals surface area contributed by atoms with Gasteiger partial charge in [0, 0.05) is 26.8 Å². The van der Waals surface area contributed by atoms with Crippen molar-refractivity contribution in [3.8, 4) is 0 Å². The fourth-order valence-electron chi connectivity index (χ4n) is 2.18. The minimum absolute atomic E-state index is 0.279. The summed E-state index contributed by atoms with van der Waals surface area (Å²) < 4.78 is 8.00. The molecule has 2 atom stereocenters. The van der Waals surface area contributed by atoms with Crippen molar-refractivity contribution < 1.29 is 9.84 Å². The molecule has 2 aromatic heterocycles. The van der Waals surface area contributed by atoms with Gasteiger partial charge in [0.05, 0.1) is 12.7 Å². The van der Waals surface area contributed by atoms with Gasteiger partial charge in [0.1, 0.15) is 0 Å². The van der Waals surface area contributed by atoms with Crippen LogP contribution in [0.3, 0.4) is 0 Å². The molecule has 0 bridgehead atoms.